The lowest BCUT2D eigenvalue weighted by atomic mass is 9.79. The van der Waals surface area contributed by atoms with E-state index in [1.54, 1.807) is 0 Å². The van der Waals surface area contributed by atoms with Crippen molar-refractivity contribution >= 4 is 5.96 Å². The highest BCUT2D eigenvalue weighted by Gasteiger charge is 2.25. The number of rotatable bonds is 11. The Balaban J connectivity index is 2.76. The van der Waals surface area contributed by atoms with Crippen LogP contribution in [0.3, 0.4) is 0 Å². The Bertz CT molecular complexity index is 590. The number of ether oxygens (including phenoxy) is 1. The van der Waals surface area contributed by atoms with Gasteiger partial charge in [0.1, 0.15) is 0 Å². The summed E-state index contributed by atoms with van der Waals surface area (Å²) < 4.78 is 5.88. The predicted octanol–water partition coefficient (Wildman–Crippen LogP) is 4.25. The van der Waals surface area contributed by atoms with Crippen LogP contribution in [0.5, 0.6) is 0 Å². The smallest absolute Gasteiger partial charge is 0.191 e. The first-order valence-electron chi connectivity index (χ1n) is 10.6. The van der Waals surface area contributed by atoms with Crippen LogP contribution in [0.15, 0.2) is 29.3 Å². The SMILES string of the molecule is CCNC(=NCc1cccc(COC(C)(C)C)c1)NCC(CC)(CC)CCO. The summed E-state index contributed by atoms with van der Waals surface area (Å²) in [6, 6.07) is 8.41. The highest BCUT2D eigenvalue weighted by Crippen LogP contribution is 2.29. The minimum Gasteiger partial charge on any atom is -0.396 e. The zero-order valence-electron chi connectivity index (χ0n) is 18.8. The first-order valence-corrected chi connectivity index (χ1v) is 10.6. The van der Waals surface area contributed by atoms with E-state index in [-0.39, 0.29) is 17.6 Å². The second kappa shape index (κ2) is 12.1. The minimum atomic E-state index is -0.143. The molecule has 0 aliphatic rings. The number of nitrogens with zero attached hydrogens (tertiary/aromatic N) is 1. The summed E-state index contributed by atoms with van der Waals surface area (Å²) in [4.78, 5) is 4.76. The molecule has 5 nitrogen and oxygen atoms in total. The maximum atomic E-state index is 9.42. The van der Waals surface area contributed by atoms with E-state index in [0.717, 1.165) is 38.3 Å². The zero-order chi connectivity index (χ0) is 21.0. The molecule has 1 aromatic rings. The van der Waals surface area contributed by atoms with Crippen molar-refractivity contribution in [3.05, 3.63) is 35.4 Å². The van der Waals surface area contributed by atoms with Crippen molar-refractivity contribution in [3.63, 3.8) is 0 Å². The van der Waals surface area contributed by atoms with Crippen molar-refractivity contribution in [2.75, 3.05) is 19.7 Å². The third-order valence-electron chi connectivity index (χ3n) is 5.20. The van der Waals surface area contributed by atoms with Crippen molar-refractivity contribution in [2.45, 2.75) is 79.6 Å². The van der Waals surface area contributed by atoms with Crippen LogP contribution in [0.1, 0.15) is 71.9 Å². The lowest BCUT2D eigenvalue weighted by Gasteiger charge is -2.32. The predicted molar refractivity (Wildman–Crippen MR) is 119 cm³/mol. The molecule has 1 aromatic carbocycles. The van der Waals surface area contributed by atoms with Crippen LogP contribution < -0.4 is 10.6 Å². The topological polar surface area (TPSA) is 65.9 Å². The van der Waals surface area contributed by atoms with Crippen molar-refractivity contribution < 1.29 is 9.84 Å². The Kier molecular flexibility index (Phi) is 10.5. The van der Waals surface area contributed by atoms with Gasteiger partial charge in [-0.3, -0.25) is 0 Å². The molecule has 28 heavy (non-hydrogen) atoms. The van der Waals surface area contributed by atoms with Gasteiger partial charge < -0.3 is 20.5 Å². The van der Waals surface area contributed by atoms with Gasteiger partial charge in [-0.2, -0.15) is 0 Å². The molecule has 0 bridgehead atoms. The van der Waals surface area contributed by atoms with E-state index >= 15 is 0 Å². The van der Waals surface area contributed by atoms with Gasteiger partial charge in [-0.1, -0.05) is 38.1 Å². The van der Waals surface area contributed by atoms with Crippen molar-refractivity contribution in [2.24, 2.45) is 10.4 Å². The molecule has 0 saturated carbocycles. The fourth-order valence-electron chi connectivity index (χ4n) is 3.08. The number of aliphatic hydroxyl groups is 1. The highest BCUT2D eigenvalue weighted by molar-refractivity contribution is 5.79. The van der Waals surface area contributed by atoms with Crippen LogP contribution in [0.4, 0.5) is 0 Å². The average Bonchev–Trinajstić information content (AvgIpc) is 2.67. The summed E-state index contributed by atoms with van der Waals surface area (Å²) in [7, 11) is 0. The summed E-state index contributed by atoms with van der Waals surface area (Å²) in [6.45, 7) is 15.7. The molecule has 160 valence electrons. The number of hydrogen-bond acceptors (Lipinski definition) is 3. The molecule has 0 radical (unpaired) electrons. The fraction of sp³-hybridized carbons (Fsp3) is 0.696. The van der Waals surface area contributed by atoms with E-state index in [1.165, 1.54) is 11.1 Å². The normalized spacial score (nSPS) is 12.9. The number of guanidine groups is 1. The van der Waals surface area contributed by atoms with Gasteiger partial charge in [0.25, 0.3) is 0 Å². The van der Waals surface area contributed by atoms with Crippen LogP contribution in [0, 0.1) is 5.41 Å². The molecule has 0 aliphatic carbocycles. The molecular weight excluding hydrogens is 350 g/mol. The molecule has 0 amide bonds. The van der Waals surface area contributed by atoms with Gasteiger partial charge in [-0.25, -0.2) is 4.99 Å². The Labute approximate surface area is 172 Å². The number of aliphatic imine (C=N–C) groups is 1. The first-order chi connectivity index (χ1) is 13.3. The van der Waals surface area contributed by atoms with E-state index in [4.69, 9.17) is 9.73 Å². The maximum absolute atomic E-state index is 9.42. The van der Waals surface area contributed by atoms with Crippen LogP contribution in [-0.4, -0.2) is 36.4 Å². The molecule has 0 saturated heterocycles. The van der Waals surface area contributed by atoms with Gasteiger partial charge in [0.05, 0.1) is 18.8 Å². The van der Waals surface area contributed by atoms with E-state index in [0.29, 0.717) is 13.2 Å². The lowest BCUT2D eigenvalue weighted by molar-refractivity contribution is -0.0149. The summed E-state index contributed by atoms with van der Waals surface area (Å²) >= 11 is 0. The molecular formula is C23H41N3O2. The summed E-state index contributed by atoms with van der Waals surface area (Å²) in [5, 5.41) is 16.2. The Morgan fingerprint density at radius 3 is 2.32 bits per heavy atom. The third-order valence-corrected chi connectivity index (χ3v) is 5.20. The summed E-state index contributed by atoms with van der Waals surface area (Å²) in [5.74, 6) is 0.822. The molecule has 5 heteroatoms. The Morgan fingerprint density at radius 1 is 1.07 bits per heavy atom. The first kappa shape index (κ1) is 24.4. The van der Waals surface area contributed by atoms with E-state index in [9.17, 15) is 5.11 Å². The van der Waals surface area contributed by atoms with Gasteiger partial charge in [0.2, 0.25) is 0 Å². The molecule has 0 heterocycles. The van der Waals surface area contributed by atoms with E-state index < -0.39 is 0 Å². The fourth-order valence-corrected chi connectivity index (χ4v) is 3.08. The molecule has 1 rings (SSSR count). The number of aliphatic hydroxyl groups excluding tert-OH is 1. The maximum Gasteiger partial charge on any atom is 0.191 e. The van der Waals surface area contributed by atoms with Gasteiger partial charge in [-0.15, -0.1) is 0 Å². The lowest BCUT2D eigenvalue weighted by Crippen LogP contribution is -2.43. The van der Waals surface area contributed by atoms with Crippen LogP contribution in [-0.2, 0) is 17.9 Å². The van der Waals surface area contributed by atoms with Gasteiger partial charge in [0, 0.05) is 19.7 Å². The molecule has 0 fully saturated rings. The molecule has 0 unspecified atom stereocenters. The average molecular weight is 392 g/mol. The molecule has 0 aliphatic heterocycles. The number of hydrogen-bond donors (Lipinski definition) is 3. The second-order valence-corrected chi connectivity index (χ2v) is 8.45. The van der Waals surface area contributed by atoms with Crippen molar-refractivity contribution in [1.82, 2.24) is 10.6 Å². The third kappa shape index (κ3) is 9.07. The Hall–Kier alpha value is -1.59. The standard InChI is InChI=1S/C23H41N3O2/c1-7-23(8-2,13-14-27)18-26-21(24-9-3)25-16-19-11-10-12-20(15-19)17-28-22(4,5)6/h10-12,15,27H,7-9,13-14,16-18H2,1-6H3,(H2,24,25,26). The zero-order valence-corrected chi connectivity index (χ0v) is 18.8. The minimum absolute atomic E-state index is 0.106. The molecule has 0 spiro atoms. The molecule has 0 atom stereocenters. The van der Waals surface area contributed by atoms with Gasteiger partial charge in [0.15, 0.2) is 5.96 Å². The largest absolute Gasteiger partial charge is 0.396 e. The monoisotopic (exact) mass is 391 g/mol. The van der Waals surface area contributed by atoms with E-state index in [1.807, 2.05) is 0 Å². The molecule has 3 N–H and O–H groups in total. The van der Waals surface area contributed by atoms with Gasteiger partial charge >= 0.3 is 0 Å². The van der Waals surface area contributed by atoms with Crippen molar-refractivity contribution in [1.29, 1.82) is 0 Å². The summed E-state index contributed by atoms with van der Waals surface area (Å²) in [5.41, 5.74) is 2.30. The van der Waals surface area contributed by atoms with E-state index in [2.05, 4.69) is 76.4 Å². The van der Waals surface area contributed by atoms with Gasteiger partial charge in [-0.05, 0) is 63.5 Å². The van der Waals surface area contributed by atoms with Crippen LogP contribution in [0.2, 0.25) is 0 Å². The second-order valence-electron chi connectivity index (χ2n) is 8.45. The highest BCUT2D eigenvalue weighted by atomic mass is 16.5. The van der Waals surface area contributed by atoms with Crippen LogP contribution >= 0.6 is 0 Å². The number of benzene rings is 1. The van der Waals surface area contributed by atoms with Crippen molar-refractivity contribution in [3.8, 4) is 0 Å². The summed E-state index contributed by atoms with van der Waals surface area (Å²) in [6.07, 6.45) is 2.88. The van der Waals surface area contributed by atoms with Crippen LogP contribution in [0.25, 0.3) is 0 Å². The number of nitrogens with one attached hydrogen (secondary N) is 2. The quantitative estimate of drug-likeness (QED) is 0.390. The molecule has 0 aromatic heterocycles. The Morgan fingerprint density at radius 2 is 1.75 bits per heavy atom.